The van der Waals surface area contributed by atoms with Crippen molar-refractivity contribution in [3.8, 4) is 23.0 Å². The standard InChI is InChI=1S/C32H32F3N5O3/c33-20-11-32(6-3-7-40(32)15-20)16-43-31-37-28-22(30(38-31)39-13-17-8-19(14-39)23(41)9-17)12-36-29(27(28)35)25-21-5-2-1-4-18(21)10-24(42)26(25)34/h1-2,4-5,10,12,17,19-20,23,41-42H,3,6-9,11,13-16H2/t17-,19-,20-,23-,32+/m1/s1. The third kappa shape index (κ3) is 4.30. The van der Waals surface area contributed by atoms with Gasteiger partial charge in [0.05, 0.1) is 22.6 Å². The molecule has 1 saturated carbocycles. The molecule has 3 saturated heterocycles. The molecule has 8 rings (SSSR count). The highest BCUT2D eigenvalue weighted by molar-refractivity contribution is 6.00. The van der Waals surface area contributed by atoms with E-state index in [0.29, 0.717) is 54.5 Å². The van der Waals surface area contributed by atoms with Gasteiger partial charge in [-0.2, -0.15) is 9.97 Å². The molecule has 2 aromatic carbocycles. The number of anilines is 1. The summed E-state index contributed by atoms with van der Waals surface area (Å²) >= 11 is 0. The number of halogens is 3. The first-order valence-electron chi connectivity index (χ1n) is 15.0. The summed E-state index contributed by atoms with van der Waals surface area (Å²) in [5.74, 6) is -1.64. The molecule has 0 radical (unpaired) electrons. The molecule has 43 heavy (non-hydrogen) atoms. The van der Waals surface area contributed by atoms with Crippen LogP contribution in [-0.4, -0.2) is 80.7 Å². The molecule has 2 bridgehead atoms. The van der Waals surface area contributed by atoms with Crippen LogP contribution in [0.1, 0.15) is 32.1 Å². The number of fused-ring (bicyclic) bond motifs is 5. The van der Waals surface area contributed by atoms with Crippen LogP contribution >= 0.6 is 0 Å². The van der Waals surface area contributed by atoms with Gasteiger partial charge in [-0.25, -0.2) is 13.2 Å². The van der Waals surface area contributed by atoms with Gasteiger partial charge >= 0.3 is 6.01 Å². The maximum atomic E-state index is 16.6. The van der Waals surface area contributed by atoms with Gasteiger partial charge < -0.3 is 19.8 Å². The number of aromatic nitrogens is 3. The van der Waals surface area contributed by atoms with Crippen molar-refractivity contribution in [3.63, 3.8) is 0 Å². The number of benzene rings is 2. The zero-order valence-corrected chi connectivity index (χ0v) is 23.5. The predicted molar refractivity (Wildman–Crippen MR) is 155 cm³/mol. The molecule has 5 heterocycles. The number of rotatable bonds is 5. The average molecular weight is 592 g/mol. The maximum Gasteiger partial charge on any atom is 0.319 e. The summed E-state index contributed by atoms with van der Waals surface area (Å²) in [6.45, 7) is 2.53. The number of aliphatic hydroxyl groups is 1. The summed E-state index contributed by atoms with van der Waals surface area (Å²) in [7, 11) is 0. The molecule has 2 aromatic heterocycles. The molecule has 224 valence electrons. The quantitative estimate of drug-likeness (QED) is 0.335. The van der Waals surface area contributed by atoms with E-state index in [2.05, 4.69) is 14.9 Å². The molecule has 0 spiro atoms. The average Bonchev–Trinajstić information content (AvgIpc) is 3.61. The van der Waals surface area contributed by atoms with Crippen LogP contribution in [-0.2, 0) is 0 Å². The van der Waals surface area contributed by atoms with Gasteiger partial charge in [-0.15, -0.1) is 0 Å². The topological polar surface area (TPSA) is 94.8 Å². The molecule has 8 nitrogen and oxygen atoms in total. The number of phenols is 1. The molecule has 0 amide bonds. The van der Waals surface area contributed by atoms with Gasteiger partial charge in [0.15, 0.2) is 17.4 Å². The first-order chi connectivity index (χ1) is 20.8. The lowest BCUT2D eigenvalue weighted by molar-refractivity contribution is 0.107. The van der Waals surface area contributed by atoms with E-state index in [1.807, 2.05) is 4.90 Å². The molecule has 4 aromatic rings. The van der Waals surface area contributed by atoms with E-state index >= 15 is 8.78 Å². The lowest BCUT2D eigenvalue weighted by atomic mass is 9.95. The highest BCUT2D eigenvalue weighted by Crippen LogP contribution is 2.43. The van der Waals surface area contributed by atoms with Crippen LogP contribution in [0.2, 0.25) is 0 Å². The van der Waals surface area contributed by atoms with Crippen LogP contribution < -0.4 is 9.64 Å². The van der Waals surface area contributed by atoms with Crippen molar-refractivity contribution < 1.29 is 28.1 Å². The minimum Gasteiger partial charge on any atom is -0.505 e. The zero-order valence-electron chi connectivity index (χ0n) is 23.5. The van der Waals surface area contributed by atoms with Crippen molar-refractivity contribution in [2.24, 2.45) is 11.8 Å². The van der Waals surface area contributed by atoms with Gasteiger partial charge in [0.25, 0.3) is 0 Å². The van der Waals surface area contributed by atoms with Crippen molar-refractivity contribution in [3.05, 3.63) is 48.2 Å². The minimum atomic E-state index is -0.973. The van der Waals surface area contributed by atoms with Gasteiger partial charge in [0.1, 0.15) is 29.8 Å². The number of hydrogen-bond donors (Lipinski definition) is 2. The Balaban J connectivity index is 1.26. The Kier molecular flexibility index (Phi) is 6.20. The lowest BCUT2D eigenvalue weighted by Gasteiger charge is -2.34. The van der Waals surface area contributed by atoms with Gasteiger partial charge in [0, 0.05) is 38.2 Å². The smallest absolute Gasteiger partial charge is 0.319 e. The van der Waals surface area contributed by atoms with Crippen molar-refractivity contribution in [1.82, 2.24) is 19.9 Å². The number of piperidine rings is 1. The van der Waals surface area contributed by atoms with Crippen molar-refractivity contribution >= 4 is 27.5 Å². The molecule has 5 atom stereocenters. The number of aromatic hydroxyl groups is 1. The lowest BCUT2D eigenvalue weighted by Crippen LogP contribution is -2.43. The monoisotopic (exact) mass is 591 g/mol. The summed E-state index contributed by atoms with van der Waals surface area (Å²) in [6.07, 6.45) is 3.87. The Hall–Kier alpha value is -3.70. The number of phenolic OH excluding ortho intramolecular Hbond substituents is 1. The largest absolute Gasteiger partial charge is 0.505 e. The fourth-order valence-electron chi connectivity index (χ4n) is 8.09. The minimum absolute atomic E-state index is 0.0400. The van der Waals surface area contributed by atoms with Gasteiger partial charge in [-0.3, -0.25) is 9.88 Å². The van der Waals surface area contributed by atoms with Crippen molar-refractivity contribution in [2.45, 2.75) is 49.9 Å². The van der Waals surface area contributed by atoms with Crippen LogP contribution in [0, 0.1) is 23.5 Å². The highest BCUT2D eigenvalue weighted by Gasteiger charge is 2.49. The molecular weight excluding hydrogens is 559 g/mol. The van der Waals surface area contributed by atoms with Crippen LogP contribution in [0.15, 0.2) is 36.5 Å². The number of pyridine rings is 1. The second-order valence-electron chi connectivity index (χ2n) is 12.8. The molecule has 1 aliphatic carbocycles. The summed E-state index contributed by atoms with van der Waals surface area (Å²) in [5, 5.41) is 22.2. The summed E-state index contributed by atoms with van der Waals surface area (Å²) in [5.41, 5.74) is -0.959. The first-order valence-corrected chi connectivity index (χ1v) is 15.0. The second-order valence-corrected chi connectivity index (χ2v) is 12.8. The SMILES string of the molecule is Oc1cc2ccccc2c(-c2ncc3c(N4C[C@@H]5C[C@H](C4)[C@H](O)C5)nc(OC[C@@]45CCCN4C[C@H](F)C5)nc3c2F)c1F. The molecule has 4 aliphatic rings. The van der Waals surface area contributed by atoms with Crippen LogP contribution in [0.4, 0.5) is 19.0 Å². The van der Waals surface area contributed by atoms with E-state index in [1.54, 1.807) is 24.3 Å². The van der Waals surface area contributed by atoms with Gasteiger partial charge in [-0.1, -0.05) is 24.3 Å². The van der Waals surface area contributed by atoms with E-state index in [9.17, 15) is 14.6 Å². The normalized spacial score (nSPS) is 28.7. The fourth-order valence-corrected chi connectivity index (χ4v) is 8.09. The molecule has 4 fully saturated rings. The highest BCUT2D eigenvalue weighted by atomic mass is 19.1. The molecule has 2 N–H and O–H groups in total. The van der Waals surface area contributed by atoms with E-state index in [1.165, 1.54) is 12.3 Å². The Morgan fingerprint density at radius 1 is 1.05 bits per heavy atom. The second kappa shape index (κ2) is 9.92. The number of hydrogen-bond acceptors (Lipinski definition) is 8. The summed E-state index contributed by atoms with van der Waals surface area (Å²) in [6, 6.07) is 8.08. The Morgan fingerprint density at radius 2 is 1.91 bits per heavy atom. The van der Waals surface area contributed by atoms with Crippen LogP contribution in [0.25, 0.3) is 32.9 Å². The Bertz CT molecular complexity index is 1760. The van der Waals surface area contributed by atoms with Gasteiger partial charge in [-0.05, 0) is 55.0 Å². The number of nitrogens with zero attached hydrogens (tertiary/aromatic N) is 5. The molecule has 11 heteroatoms. The maximum absolute atomic E-state index is 16.6. The Labute approximate surface area is 246 Å². The number of ether oxygens (including phenoxy) is 1. The first kappa shape index (κ1) is 26.9. The van der Waals surface area contributed by atoms with E-state index in [0.717, 1.165) is 25.8 Å². The van der Waals surface area contributed by atoms with Gasteiger partial charge in [0.2, 0.25) is 0 Å². The van der Waals surface area contributed by atoms with E-state index in [-0.39, 0.29) is 41.2 Å². The predicted octanol–water partition coefficient (Wildman–Crippen LogP) is 4.99. The summed E-state index contributed by atoms with van der Waals surface area (Å²) in [4.78, 5) is 17.8. The van der Waals surface area contributed by atoms with E-state index in [4.69, 9.17) is 9.72 Å². The fraction of sp³-hybridized carbons (Fsp3) is 0.469. The third-order valence-corrected chi connectivity index (χ3v) is 10.1. The molecule has 0 unspecified atom stereocenters. The molecule has 3 aliphatic heterocycles. The summed E-state index contributed by atoms with van der Waals surface area (Å²) < 4.78 is 52.6. The van der Waals surface area contributed by atoms with Crippen LogP contribution in [0.5, 0.6) is 11.8 Å². The number of alkyl halides is 1. The van der Waals surface area contributed by atoms with Crippen molar-refractivity contribution in [1.29, 1.82) is 0 Å². The third-order valence-electron chi connectivity index (χ3n) is 10.1. The molecular formula is C32H32F3N5O3. The van der Waals surface area contributed by atoms with Crippen molar-refractivity contribution in [2.75, 3.05) is 37.7 Å². The zero-order chi connectivity index (χ0) is 29.5. The Morgan fingerprint density at radius 3 is 2.77 bits per heavy atom. The van der Waals surface area contributed by atoms with Crippen LogP contribution in [0.3, 0.4) is 0 Å². The number of aliphatic hydroxyl groups excluding tert-OH is 1. The van der Waals surface area contributed by atoms with E-state index < -0.39 is 35.2 Å².